The highest BCUT2D eigenvalue weighted by molar-refractivity contribution is 9.10. The van der Waals surface area contributed by atoms with Crippen LogP contribution in [0.5, 0.6) is 0 Å². The zero-order chi connectivity index (χ0) is 12.5. The quantitative estimate of drug-likeness (QED) is 0.839. The Morgan fingerprint density at radius 3 is 3.11 bits per heavy atom. The highest BCUT2D eigenvalue weighted by atomic mass is 79.9. The second kappa shape index (κ2) is 4.78. The maximum Gasteiger partial charge on any atom is 0.254 e. The number of rotatable bonds is 2. The number of ether oxygens (including phenoxy) is 1. The molecule has 1 aromatic heterocycles. The summed E-state index contributed by atoms with van der Waals surface area (Å²) in [4.78, 5) is 16.2. The van der Waals surface area contributed by atoms with Crippen LogP contribution in [0, 0.1) is 5.92 Å². The lowest BCUT2D eigenvalue weighted by Gasteiger charge is -2.11. The highest BCUT2D eigenvalue weighted by Crippen LogP contribution is 2.29. The second-order valence-electron chi connectivity index (χ2n) is 4.34. The predicted octanol–water partition coefficient (Wildman–Crippen LogP) is 1.97. The maximum atomic E-state index is 12.0. The number of amides is 1. The maximum absolute atomic E-state index is 12.0. The molecule has 1 unspecified atom stereocenters. The van der Waals surface area contributed by atoms with E-state index in [9.17, 15) is 4.79 Å². The molecule has 1 amide bonds. The Kier molecular flexibility index (Phi) is 3.13. The number of nitrogens with zero attached hydrogens (tertiary/aromatic N) is 3. The molecule has 0 radical (unpaired) electrons. The van der Waals surface area contributed by atoms with Gasteiger partial charge in [-0.1, -0.05) is 0 Å². The number of hydrazone groups is 1. The molecule has 0 aromatic carbocycles. The molecule has 6 heteroatoms. The van der Waals surface area contributed by atoms with Gasteiger partial charge < -0.3 is 4.74 Å². The van der Waals surface area contributed by atoms with Crippen LogP contribution >= 0.6 is 15.9 Å². The molecule has 1 fully saturated rings. The van der Waals surface area contributed by atoms with Crippen molar-refractivity contribution in [1.82, 2.24) is 4.98 Å². The summed E-state index contributed by atoms with van der Waals surface area (Å²) in [6.07, 6.45) is 2.97. The molecule has 1 aromatic rings. The zero-order valence-electron chi connectivity index (χ0n) is 9.67. The number of aromatic nitrogens is 1. The number of hydrogen-bond acceptors (Lipinski definition) is 4. The zero-order valence-corrected chi connectivity index (χ0v) is 11.3. The van der Waals surface area contributed by atoms with Crippen LogP contribution in [0.15, 0.2) is 27.9 Å². The van der Waals surface area contributed by atoms with Crippen molar-refractivity contribution in [2.24, 2.45) is 11.0 Å². The monoisotopic (exact) mass is 309 g/mol. The average Bonchev–Trinajstić information content (AvgIpc) is 2.99. The van der Waals surface area contributed by atoms with E-state index < -0.39 is 0 Å². The largest absolute Gasteiger partial charge is 0.381 e. The number of halogens is 1. The Morgan fingerprint density at radius 2 is 2.39 bits per heavy atom. The molecule has 1 saturated heterocycles. The lowest BCUT2D eigenvalue weighted by Crippen LogP contribution is -2.21. The van der Waals surface area contributed by atoms with Gasteiger partial charge in [-0.25, -0.2) is 4.98 Å². The summed E-state index contributed by atoms with van der Waals surface area (Å²) in [5, 5.41) is 5.80. The molecule has 2 aliphatic rings. The van der Waals surface area contributed by atoms with E-state index in [0.717, 1.165) is 23.2 Å². The van der Waals surface area contributed by atoms with Gasteiger partial charge in [0.25, 0.3) is 5.91 Å². The Balaban J connectivity index is 1.89. The van der Waals surface area contributed by atoms with Crippen molar-refractivity contribution in [3.8, 4) is 0 Å². The summed E-state index contributed by atoms with van der Waals surface area (Å²) >= 11 is 3.39. The van der Waals surface area contributed by atoms with Gasteiger partial charge in [0, 0.05) is 18.7 Å². The van der Waals surface area contributed by atoms with Gasteiger partial charge in [-0.3, -0.25) is 4.79 Å². The molecule has 0 aliphatic carbocycles. The molecule has 94 valence electrons. The number of hydrogen-bond donors (Lipinski definition) is 0. The van der Waals surface area contributed by atoms with Gasteiger partial charge in [0.1, 0.15) is 0 Å². The molecule has 0 bridgehead atoms. The molecule has 0 N–H and O–H groups in total. The van der Waals surface area contributed by atoms with Crippen molar-refractivity contribution in [2.45, 2.75) is 12.8 Å². The van der Waals surface area contributed by atoms with Gasteiger partial charge >= 0.3 is 0 Å². The minimum Gasteiger partial charge on any atom is -0.381 e. The van der Waals surface area contributed by atoms with Crippen molar-refractivity contribution in [3.05, 3.63) is 22.8 Å². The topological polar surface area (TPSA) is 54.8 Å². The number of carbonyl (C=O) groups is 1. The van der Waals surface area contributed by atoms with Crippen LogP contribution in [0.4, 0.5) is 5.82 Å². The van der Waals surface area contributed by atoms with E-state index in [1.807, 2.05) is 12.1 Å². The normalized spacial score (nSPS) is 23.6. The Hall–Kier alpha value is -1.27. The van der Waals surface area contributed by atoms with Crippen LogP contribution in [0.25, 0.3) is 0 Å². The van der Waals surface area contributed by atoms with Crippen LogP contribution in [-0.4, -0.2) is 29.8 Å². The SMILES string of the molecule is O=C1CC(C2CCOC2)=NN1c1ncccc1Br. The molecule has 3 heterocycles. The summed E-state index contributed by atoms with van der Waals surface area (Å²) in [5.74, 6) is 0.800. The summed E-state index contributed by atoms with van der Waals surface area (Å²) < 4.78 is 6.10. The minimum atomic E-state index is -0.0312. The van der Waals surface area contributed by atoms with Crippen LogP contribution in [-0.2, 0) is 9.53 Å². The van der Waals surface area contributed by atoms with E-state index in [1.165, 1.54) is 5.01 Å². The van der Waals surface area contributed by atoms with Crippen LogP contribution < -0.4 is 5.01 Å². The molecule has 5 nitrogen and oxygen atoms in total. The van der Waals surface area contributed by atoms with Gasteiger partial charge in [-0.2, -0.15) is 10.1 Å². The van der Waals surface area contributed by atoms with Crippen molar-refractivity contribution < 1.29 is 9.53 Å². The molecule has 0 spiro atoms. The smallest absolute Gasteiger partial charge is 0.254 e. The fourth-order valence-corrected chi connectivity index (χ4v) is 2.59. The molecule has 2 aliphatic heterocycles. The Bertz CT molecular complexity index is 512. The molecule has 0 saturated carbocycles. The molecule has 1 atom stereocenters. The van der Waals surface area contributed by atoms with Crippen molar-refractivity contribution >= 4 is 33.4 Å². The van der Waals surface area contributed by atoms with E-state index in [-0.39, 0.29) is 11.8 Å². The summed E-state index contributed by atoms with van der Waals surface area (Å²) in [7, 11) is 0. The first-order valence-electron chi connectivity index (χ1n) is 5.84. The molecular weight excluding hydrogens is 298 g/mol. The summed E-state index contributed by atoms with van der Waals surface area (Å²) in [6.45, 7) is 1.43. The Morgan fingerprint density at radius 1 is 1.50 bits per heavy atom. The fourth-order valence-electron chi connectivity index (χ4n) is 2.17. The first-order valence-corrected chi connectivity index (χ1v) is 6.63. The van der Waals surface area contributed by atoms with E-state index >= 15 is 0 Å². The number of carbonyl (C=O) groups excluding carboxylic acids is 1. The van der Waals surface area contributed by atoms with E-state index in [1.54, 1.807) is 6.20 Å². The van der Waals surface area contributed by atoms with Gasteiger partial charge in [0.2, 0.25) is 0 Å². The first kappa shape index (κ1) is 11.8. The lowest BCUT2D eigenvalue weighted by molar-refractivity contribution is -0.117. The summed E-state index contributed by atoms with van der Waals surface area (Å²) in [5.41, 5.74) is 0.912. The third kappa shape index (κ3) is 2.06. The highest BCUT2D eigenvalue weighted by Gasteiger charge is 2.33. The van der Waals surface area contributed by atoms with Gasteiger partial charge in [-0.05, 0) is 34.5 Å². The third-order valence-electron chi connectivity index (χ3n) is 3.14. The van der Waals surface area contributed by atoms with E-state index in [4.69, 9.17) is 4.74 Å². The molecule has 3 rings (SSSR count). The minimum absolute atomic E-state index is 0.0312. The lowest BCUT2D eigenvalue weighted by atomic mass is 10.0. The van der Waals surface area contributed by atoms with E-state index in [2.05, 4.69) is 26.0 Å². The average molecular weight is 310 g/mol. The van der Waals surface area contributed by atoms with Crippen molar-refractivity contribution in [2.75, 3.05) is 18.2 Å². The standard InChI is InChI=1S/C12H12BrN3O2/c13-9-2-1-4-14-12(9)16-11(17)6-10(15-16)8-3-5-18-7-8/h1-2,4,8H,3,5-7H2. The fraction of sp³-hybridized carbons (Fsp3) is 0.417. The second-order valence-corrected chi connectivity index (χ2v) is 5.20. The predicted molar refractivity (Wildman–Crippen MR) is 70.4 cm³/mol. The number of pyridine rings is 1. The van der Waals surface area contributed by atoms with Crippen molar-refractivity contribution in [3.63, 3.8) is 0 Å². The Labute approximate surface area is 113 Å². The molecule has 18 heavy (non-hydrogen) atoms. The first-order chi connectivity index (χ1) is 8.75. The van der Waals surface area contributed by atoms with E-state index in [0.29, 0.717) is 18.8 Å². The molecular formula is C12H12BrN3O2. The van der Waals surface area contributed by atoms with Crippen LogP contribution in [0.1, 0.15) is 12.8 Å². The number of anilines is 1. The summed E-state index contributed by atoms with van der Waals surface area (Å²) in [6, 6.07) is 3.66. The van der Waals surface area contributed by atoms with Gasteiger partial charge in [0.05, 0.1) is 23.2 Å². The van der Waals surface area contributed by atoms with Gasteiger partial charge in [0.15, 0.2) is 5.82 Å². The van der Waals surface area contributed by atoms with Crippen LogP contribution in [0.2, 0.25) is 0 Å². The van der Waals surface area contributed by atoms with Crippen molar-refractivity contribution in [1.29, 1.82) is 0 Å². The van der Waals surface area contributed by atoms with Crippen LogP contribution in [0.3, 0.4) is 0 Å². The third-order valence-corrected chi connectivity index (χ3v) is 3.76. The van der Waals surface area contributed by atoms with Gasteiger partial charge in [-0.15, -0.1) is 0 Å².